The Labute approximate surface area is 150 Å². The van der Waals surface area contributed by atoms with Crippen molar-refractivity contribution in [3.05, 3.63) is 23.3 Å². The summed E-state index contributed by atoms with van der Waals surface area (Å²) in [5.41, 5.74) is 1.51. The molecule has 0 saturated carbocycles. The molecule has 0 aliphatic carbocycles. The number of amides is 1. The van der Waals surface area contributed by atoms with Gasteiger partial charge < -0.3 is 9.64 Å². The second-order valence-corrected chi connectivity index (χ2v) is 9.41. The fourth-order valence-electron chi connectivity index (χ4n) is 3.08. The molecule has 7 heteroatoms. The zero-order valence-corrected chi connectivity index (χ0v) is 16.7. The van der Waals surface area contributed by atoms with Gasteiger partial charge in [-0.15, -0.1) is 0 Å². The Morgan fingerprint density at radius 2 is 1.68 bits per heavy atom. The second kappa shape index (κ2) is 6.96. The molecular weight excluding hydrogens is 340 g/mol. The van der Waals surface area contributed by atoms with Gasteiger partial charge in [0.15, 0.2) is 0 Å². The number of hydrogen-bond donors (Lipinski definition) is 0. The fourth-order valence-corrected chi connectivity index (χ4v) is 4.77. The van der Waals surface area contributed by atoms with Crippen molar-refractivity contribution in [3.8, 4) is 5.75 Å². The quantitative estimate of drug-likeness (QED) is 0.820. The molecule has 0 aromatic heterocycles. The van der Waals surface area contributed by atoms with Crippen LogP contribution in [0.25, 0.3) is 0 Å². The van der Waals surface area contributed by atoms with Crippen molar-refractivity contribution in [1.82, 2.24) is 9.21 Å². The average Bonchev–Trinajstić information content (AvgIpc) is 2.53. The lowest BCUT2D eigenvalue weighted by molar-refractivity contribution is -0.129. The van der Waals surface area contributed by atoms with Crippen molar-refractivity contribution in [2.24, 2.45) is 0 Å². The molecule has 0 unspecified atom stereocenters. The first-order valence-electron chi connectivity index (χ1n) is 8.43. The van der Waals surface area contributed by atoms with E-state index in [2.05, 4.69) is 0 Å². The summed E-state index contributed by atoms with van der Waals surface area (Å²) < 4.78 is 33.4. The van der Waals surface area contributed by atoms with Gasteiger partial charge in [0, 0.05) is 38.7 Å². The SMILES string of the molecule is COc1c(C(C)(C)C)cc(C)cc1S(=O)(=O)N1CCN(C(C)=O)CC1. The summed E-state index contributed by atoms with van der Waals surface area (Å²) in [5, 5.41) is 0. The molecule has 0 N–H and O–H groups in total. The van der Waals surface area contributed by atoms with Crippen molar-refractivity contribution < 1.29 is 17.9 Å². The first kappa shape index (κ1) is 19.7. The van der Waals surface area contributed by atoms with Gasteiger partial charge in [0.25, 0.3) is 0 Å². The maximum absolute atomic E-state index is 13.2. The Hall–Kier alpha value is -1.60. The van der Waals surface area contributed by atoms with E-state index >= 15 is 0 Å². The van der Waals surface area contributed by atoms with E-state index in [0.29, 0.717) is 31.9 Å². The van der Waals surface area contributed by atoms with E-state index < -0.39 is 10.0 Å². The highest BCUT2D eigenvalue weighted by molar-refractivity contribution is 7.89. The summed E-state index contributed by atoms with van der Waals surface area (Å²) in [7, 11) is -2.18. The molecule has 0 radical (unpaired) electrons. The normalized spacial score (nSPS) is 16.8. The van der Waals surface area contributed by atoms with E-state index in [1.54, 1.807) is 11.0 Å². The summed E-state index contributed by atoms with van der Waals surface area (Å²) in [6.45, 7) is 10.9. The fraction of sp³-hybridized carbons (Fsp3) is 0.611. The molecule has 0 spiro atoms. The molecule has 1 aromatic carbocycles. The average molecular weight is 368 g/mol. The Morgan fingerprint density at radius 3 is 2.12 bits per heavy atom. The number of benzene rings is 1. The van der Waals surface area contributed by atoms with Gasteiger partial charge in [-0.25, -0.2) is 8.42 Å². The highest BCUT2D eigenvalue weighted by Gasteiger charge is 2.34. The predicted molar refractivity (Wildman–Crippen MR) is 97.4 cm³/mol. The topological polar surface area (TPSA) is 66.9 Å². The molecule has 1 aliphatic heterocycles. The number of hydrogen-bond acceptors (Lipinski definition) is 4. The number of sulfonamides is 1. The van der Waals surface area contributed by atoms with Crippen LogP contribution in [-0.4, -0.2) is 56.8 Å². The Morgan fingerprint density at radius 1 is 1.12 bits per heavy atom. The second-order valence-electron chi connectivity index (χ2n) is 7.50. The molecule has 6 nitrogen and oxygen atoms in total. The standard InChI is InChI=1S/C18H28N2O4S/c1-13-11-15(18(3,4)5)17(24-6)16(12-13)25(22,23)20-9-7-19(8-10-20)14(2)21/h11-12H,7-10H2,1-6H3. The van der Waals surface area contributed by atoms with Gasteiger partial charge in [0.05, 0.1) is 7.11 Å². The molecule has 1 aliphatic rings. The highest BCUT2D eigenvalue weighted by atomic mass is 32.2. The van der Waals surface area contributed by atoms with Crippen LogP contribution >= 0.6 is 0 Å². The lowest BCUT2D eigenvalue weighted by Crippen LogP contribution is -2.50. The smallest absolute Gasteiger partial charge is 0.246 e. The Balaban J connectivity index is 2.47. The van der Waals surface area contributed by atoms with E-state index in [9.17, 15) is 13.2 Å². The predicted octanol–water partition coefficient (Wildman–Crippen LogP) is 2.15. The third-order valence-electron chi connectivity index (χ3n) is 4.51. The highest BCUT2D eigenvalue weighted by Crippen LogP contribution is 2.38. The third kappa shape index (κ3) is 3.98. The van der Waals surface area contributed by atoms with Crippen LogP contribution in [0.15, 0.2) is 17.0 Å². The van der Waals surface area contributed by atoms with Gasteiger partial charge in [-0.1, -0.05) is 26.8 Å². The number of ether oxygens (including phenoxy) is 1. The van der Waals surface area contributed by atoms with E-state index in [1.165, 1.54) is 18.3 Å². The van der Waals surface area contributed by atoms with Gasteiger partial charge in [-0.2, -0.15) is 4.31 Å². The first-order chi connectivity index (χ1) is 11.5. The van der Waals surface area contributed by atoms with Crippen LogP contribution in [0.4, 0.5) is 0 Å². The van der Waals surface area contributed by atoms with Crippen molar-refractivity contribution >= 4 is 15.9 Å². The molecule has 1 fully saturated rings. The van der Waals surface area contributed by atoms with Crippen molar-refractivity contribution in [3.63, 3.8) is 0 Å². The number of piperazine rings is 1. The summed E-state index contributed by atoms with van der Waals surface area (Å²) in [6, 6.07) is 3.65. The monoisotopic (exact) mass is 368 g/mol. The largest absolute Gasteiger partial charge is 0.495 e. The molecule has 1 saturated heterocycles. The maximum Gasteiger partial charge on any atom is 0.246 e. The zero-order chi connectivity index (χ0) is 19.0. The minimum atomic E-state index is -3.69. The summed E-state index contributed by atoms with van der Waals surface area (Å²) in [5.74, 6) is 0.382. The molecule has 2 rings (SSSR count). The third-order valence-corrected chi connectivity index (χ3v) is 6.42. The van der Waals surface area contributed by atoms with Crippen LogP contribution in [0.3, 0.4) is 0 Å². The van der Waals surface area contributed by atoms with Crippen molar-refractivity contribution in [1.29, 1.82) is 0 Å². The molecule has 1 amide bonds. The number of carbonyl (C=O) groups excluding carboxylic acids is 1. The molecular formula is C18H28N2O4S. The molecule has 25 heavy (non-hydrogen) atoms. The lowest BCUT2D eigenvalue weighted by Gasteiger charge is -2.34. The molecule has 0 bridgehead atoms. The zero-order valence-electron chi connectivity index (χ0n) is 15.9. The van der Waals surface area contributed by atoms with Crippen LogP contribution in [0.5, 0.6) is 5.75 Å². The van der Waals surface area contributed by atoms with Gasteiger partial charge in [0.2, 0.25) is 15.9 Å². The minimum absolute atomic E-state index is 0.0276. The number of carbonyl (C=O) groups is 1. The van der Waals surface area contributed by atoms with Gasteiger partial charge in [0.1, 0.15) is 10.6 Å². The summed E-state index contributed by atoms with van der Waals surface area (Å²) in [4.78, 5) is 13.3. The number of methoxy groups -OCH3 is 1. The molecule has 140 valence electrons. The minimum Gasteiger partial charge on any atom is -0.495 e. The van der Waals surface area contributed by atoms with E-state index in [0.717, 1.165) is 11.1 Å². The number of nitrogens with zero attached hydrogens (tertiary/aromatic N) is 2. The van der Waals surface area contributed by atoms with Crippen LogP contribution < -0.4 is 4.74 Å². The maximum atomic E-state index is 13.2. The Kier molecular flexibility index (Phi) is 5.49. The number of aryl methyl sites for hydroxylation is 1. The molecule has 1 heterocycles. The van der Waals surface area contributed by atoms with Crippen LogP contribution in [0.2, 0.25) is 0 Å². The lowest BCUT2D eigenvalue weighted by atomic mass is 9.85. The number of rotatable bonds is 3. The first-order valence-corrected chi connectivity index (χ1v) is 9.87. The summed E-state index contributed by atoms with van der Waals surface area (Å²) >= 11 is 0. The van der Waals surface area contributed by atoms with E-state index in [1.807, 2.05) is 33.8 Å². The van der Waals surface area contributed by atoms with Crippen LogP contribution in [-0.2, 0) is 20.2 Å². The van der Waals surface area contributed by atoms with Crippen molar-refractivity contribution in [2.75, 3.05) is 33.3 Å². The van der Waals surface area contributed by atoms with E-state index in [4.69, 9.17) is 4.74 Å². The van der Waals surface area contributed by atoms with Gasteiger partial charge in [-0.3, -0.25) is 4.79 Å². The van der Waals surface area contributed by atoms with Gasteiger partial charge in [-0.05, 0) is 24.0 Å². The molecule has 0 atom stereocenters. The molecule has 1 aromatic rings. The van der Waals surface area contributed by atoms with Crippen LogP contribution in [0, 0.1) is 6.92 Å². The van der Waals surface area contributed by atoms with Crippen molar-refractivity contribution in [2.45, 2.75) is 44.9 Å². The van der Waals surface area contributed by atoms with Crippen LogP contribution in [0.1, 0.15) is 38.8 Å². The summed E-state index contributed by atoms with van der Waals surface area (Å²) in [6.07, 6.45) is 0. The Bertz CT molecular complexity index is 758. The van der Waals surface area contributed by atoms with E-state index in [-0.39, 0.29) is 16.2 Å². The van der Waals surface area contributed by atoms with Gasteiger partial charge >= 0.3 is 0 Å².